The molecule has 0 radical (unpaired) electrons. The van der Waals surface area contributed by atoms with E-state index in [-0.39, 0.29) is 16.5 Å². The van der Waals surface area contributed by atoms with Gasteiger partial charge < -0.3 is 4.52 Å². The molecular formula is C14H13ClN2O3S. The zero-order valence-corrected chi connectivity index (χ0v) is 13.1. The van der Waals surface area contributed by atoms with E-state index in [0.717, 1.165) is 10.9 Å². The smallest absolute Gasteiger partial charge is 0.273 e. The minimum absolute atomic E-state index is 0.101. The van der Waals surface area contributed by atoms with Gasteiger partial charge in [0.25, 0.3) is 10.0 Å². The van der Waals surface area contributed by atoms with E-state index >= 15 is 0 Å². The lowest BCUT2D eigenvalue weighted by Crippen LogP contribution is -2.13. The van der Waals surface area contributed by atoms with E-state index in [1.807, 2.05) is 12.1 Å². The van der Waals surface area contributed by atoms with Gasteiger partial charge in [0.15, 0.2) is 10.7 Å². The third kappa shape index (κ3) is 2.06. The number of halogens is 1. The molecule has 0 amide bonds. The highest BCUT2D eigenvalue weighted by molar-refractivity contribution is 7.90. The normalized spacial score (nSPS) is 12.1. The lowest BCUT2D eigenvalue weighted by atomic mass is 10.2. The molecular weight excluding hydrogens is 312 g/mol. The Kier molecular flexibility index (Phi) is 3.30. The molecule has 0 aliphatic rings. The zero-order valence-electron chi connectivity index (χ0n) is 11.5. The Labute approximate surface area is 127 Å². The number of rotatable bonds is 3. The standard InChI is InChI=1S/C14H13ClN2O3S/c1-9-14(10(2)20-16-9)21(18,19)17-8-11(7-15)12-5-3-4-6-13(12)17/h3-6,8H,7H2,1-2H3. The second-order valence-electron chi connectivity index (χ2n) is 4.76. The summed E-state index contributed by atoms with van der Waals surface area (Å²) in [6, 6.07) is 7.25. The van der Waals surface area contributed by atoms with E-state index < -0.39 is 10.0 Å². The Hall–Kier alpha value is -1.79. The molecule has 0 saturated carbocycles. The summed E-state index contributed by atoms with van der Waals surface area (Å²) in [4.78, 5) is 0.101. The summed E-state index contributed by atoms with van der Waals surface area (Å²) >= 11 is 5.92. The molecule has 0 N–H and O–H groups in total. The summed E-state index contributed by atoms with van der Waals surface area (Å²) in [7, 11) is -3.77. The summed E-state index contributed by atoms with van der Waals surface area (Å²) in [5.41, 5.74) is 1.70. The third-order valence-electron chi connectivity index (χ3n) is 3.39. The van der Waals surface area contributed by atoms with Crippen molar-refractivity contribution in [1.82, 2.24) is 9.13 Å². The van der Waals surface area contributed by atoms with Crippen LogP contribution >= 0.6 is 11.6 Å². The number of hydrogen-bond donors (Lipinski definition) is 0. The summed E-state index contributed by atoms with van der Waals surface area (Å²) < 4.78 is 32.0. The molecule has 1 aromatic carbocycles. The first-order chi connectivity index (χ1) is 9.96. The van der Waals surface area contributed by atoms with Crippen molar-refractivity contribution in [2.75, 3.05) is 0 Å². The molecule has 3 aromatic rings. The minimum Gasteiger partial charge on any atom is -0.360 e. The van der Waals surface area contributed by atoms with E-state index in [4.69, 9.17) is 16.1 Å². The first-order valence-corrected chi connectivity index (χ1v) is 8.27. The molecule has 3 rings (SSSR count). The number of hydrogen-bond acceptors (Lipinski definition) is 4. The van der Waals surface area contributed by atoms with Crippen LogP contribution < -0.4 is 0 Å². The van der Waals surface area contributed by atoms with Gasteiger partial charge >= 0.3 is 0 Å². The van der Waals surface area contributed by atoms with Gasteiger partial charge in [0.1, 0.15) is 5.69 Å². The van der Waals surface area contributed by atoms with E-state index in [2.05, 4.69) is 5.16 Å². The topological polar surface area (TPSA) is 65.1 Å². The van der Waals surface area contributed by atoms with Crippen LogP contribution in [0.2, 0.25) is 0 Å². The monoisotopic (exact) mass is 324 g/mol. The lowest BCUT2D eigenvalue weighted by molar-refractivity contribution is 0.390. The molecule has 110 valence electrons. The number of alkyl halides is 1. The maximum Gasteiger partial charge on any atom is 0.273 e. The highest BCUT2D eigenvalue weighted by atomic mass is 35.5. The van der Waals surface area contributed by atoms with Gasteiger partial charge in [0.2, 0.25) is 0 Å². The number of benzene rings is 1. The predicted molar refractivity (Wildman–Crippen MR) is 80.1 cm³/mol. The van der Waals surface area contributed by atoms with Gasteiger partial charge in [0.05, 0.1) is 5.52 Å². The van der Waals surface area contributed by atoms with Crippen molar-refractivity contribution in [3.8, 4) is 0 Å². The molecule has 2 heterocycles. The SMILES string of the molecule is Cc1noc(C)c1S(=O)(=O)n1cc(CCl)c2ccccc21. The Bertz CT molecular complexity index is 905. The van der Waals surface area contributed by atoms with Crippen LogP contribution in [0.15, 0.2) is 39.9 Å². The van der Waals surface area contributed by atoms with Crippen LogP contribution in [-0.2, 0) is 15.9 Å². The fourth-order valence-electron chi connectivity index (χ4n) is 2.46. The van der Waals surface area contributed by atoms with Crippen LogP contribution in [-0.4, -0.2) is 17.5 Å². The van der Waals surface area contributed by atoms with Crippen LogP contribution in [0.25, 0.3) is 10.9 Å². The van der Waals surface area contributed by atoms with E-state index in [9.17, 15) is 8.42 Å². The summed E-state index contributed by atoms with van der Waals surface area (Å²) in [5, 5.41) is 4.54. The summed E-state index contributed by atoms with van der Waals surface area (Å²) in [6.07, 6.45) is 1.55. The lowest BCUT2D eigenvalue weighted by Gasteiger charge is -2.06. The van der Waals surface area contributed by atoms with E-state index in [0.29, 0.717) is 11.2 Å². The number of aryl methyl sites for hydroxylation is 2. The van der Waals surface area contributed by atoms with Gasteiger partial charge in [-0.3, -0.25) is 0 Å². The predicted octanol–water partition coefficient (Wildman–Crippen LogP) is 3.22. The summed E-state index contributed by atoms with van der Waals surface area (Å²) in [5.74, 6) is 0.516. The van der Waals surface area contributed by atoms with Gasteiger partial charge in [-0.15, -0.1) is 11.6 Å². The molecule has 0 atom stereocenters. The van der Waals surface area contributed by atoms with Gasteiger partial charge in [0, 0.05) is 17.5 Å². The van der Waals surface area contributed by atoms with Crippen LogP contribution in [0, 0.1) is 13.8 Å². The maximum atomic E-state index is 12.9. The second kappa shape index (κ2) is 4.89. The Morgan fingerprint density at radius 2 is 2.00 bits per heavy atom. The fourth-order valence-corrected chi connectivity index (χ4v) is 4.37. The number of para-hydroxylation sites is 1. The van der Waals surface area contributed by atoms with Gasteiger partial charge in [-0.1, -0.05) is 23.4 Å². The number of fused-ring (bicyclic) bond motifs is 1. The van der Waals surface area contributed by atoms with Crippen LogP contribution in [0.5, 0.6) is 0 Å². The van der Waals surface area contributed by atoms with E-state index in [1.54, 1.807) is 32.2 Å². The van der Waals surface area contributed by atoms with Crippen molar-refractivity contribution in [1.29, 1.82) is 0 Å². The Morgan fingerprint density at radius 1 is 1.29 bits per heavy atom. The van der Waals surface area contributed by atoms with Gasteiger partial charge in [-0.25, -0.2) is 12.4 Å². The zero-order chi connectivity index (χ0) is 15.2. The fraction of sp³-hybridized carbons (Fsp3) is 0.214. The van der Waals surface area contributed by atoms with Crippen LogP contribution in [0.3, 0.4) is 0 Å². The highest BCUT2D eigenvalue weighted by Gasteiger charge is 2.27. The molecule has 5 nitrogen and oxygen atoms in total. The first-order valence-electron chi connectivity index (χ1n) is 6.30. The van der Waals surface area contributed by atoms with Gasteiger partial charge in [-0.2, -0.15) is 0 Å². The van der Waals surface area contributed by atoms with Gasteiger partial charge in [-0.05, 0) is 25.5 Å². The molecule has 7 heteroatoms. The molecule has 0 aliphatic heterocycles. The highest BCUT2D eigenvalue weighted by Crippen LogP contribution is 2.29. The molecule has 0 unspecified atom stereocenters. The molecule has 0 aliphatic carbocycles. The van der Waals surface area contributed by atoms with Crippen molar-refractivity contribution in [3.05, 3.63) is 47.5 Å². The first kappa shape index (κ1) is 14.2. The van der Waals surface area contributed by atoms with Crippen molar-refractivity contribution in [2.24, 2.45) is 0 Å². The van der Waals surface area contributed by atoms with Crippen LogP contribution in [0.4, 0.5) is 0 Å². The average Bonchev–Trinajstić information content (AvgIpc) is 3.00. The molecule has 0 saturated heterocycles. The molecule has 0 fully saturated rings. The molecule has 0 spiro atoms. The summed E-state index contributed by atoms with van der Waals surface area (Å²) in [6.45, 7) is 3.19. The number of nitrogens with zero attached hydrogens (tertiary/aromatic N) is 2. The number of aromatic nitrogens is 2. The quantitative estimate of drug-likeness (QED) is 0.694. The van der Waals surface area contributed by atoms with E-state index in [1.165, 1.54) is 3.97 Å². The van der Waals surface area contributed by atoms with Crippen LogP contribution in [0.1, 0.15) is 17.0 Å². The maximum absolute atomic E-state index is 12.9. The van der Waals surface area contributed by atoms with Crippen molar-refractivity contribution >= 4 is 32.5 Å². The molecule has 21 heavy (non-hydrogen) atoms. The second-order valence-corrected chi connectivity index (χ2v) is 6.78. The van der Waals surface area contributed by atoms with Crippen molar-refractivity contribution < 1.29 is 12.9 Å². The minimum atomic E-state index is -3.77. The Balaban J connectivity index is 2.35. The molecule has 0 bridgehead atoms. The van der Waals surface area contributed by atoms with Crippen molar-refractivity contribution in [3.63, 3.8) is 0 Å². The Morgan fingerprint density at radius 3 is 2.62 bits per heavy atom. The molecule has 2 aromatic heterocycles. The van der Waals surface area contributed by atoms with Crippen molar-refractivity contribution in [2.45, 2.75) is 24.6 Å². The average molecular weight is 325 g/mol. The third-order valence-corrected chi connectivity index (χ3v) is 5.60. The largest absolute Gasteiger partial charge is 0.360 e.